The molecule has 0 atom stereocenters. The Balaban J connectivity index is 0.000000799. The van der Waals surface area contributed by atoms with E-state index in [2.05, 4.69) is 211 Å². The fourth-order valence-corrected chi connectivity index (χ4v) is 5.88. The van der Waals surface area contributed by atoms with E-state index in [-0.39, 0.29) is 37.1 Å². The molecule has 0 spiro atoms. The van der Waals surface area contributed by atoms with E-state index < -0.39 is 0 Å². The van der Waals surface area contributed by atoms with Gasteiger partial charge in [0.25, 0.3) is 0 Å². The van der Waals surface area contributed by atoms with E-state index in [1.807, 2.05) is 6.08 Å². The van der Waals surface area contributed by atoms with Crippen molar-refractivity contribution >= 4 is 0 Å². The van der Waals surface area contributed by atoms with Crippen molar-refractivity contribution in [2.24, 2.45) is 0 Å². The monoisotopic (exact) mass is 729 g/mol. The third-order valence-corrected chi connectivity index (χ3v) is 8.68. The normalized spacial score (nSPS) is 9.33. The molecule has 0 aliphatic carbocycles. The Morgan fingerprint density at radius 1 is 0.309 bits per heavy atom. The Labute approximate surface area is 337 Å². The van der Waals surface area contributed by atoms with Crippen LogP contribution in [0, 0.1) is 34.6 Å². The second-order valence-corrected chi connectivity index (χ2v) is 13.1. The highest BCUT2D eigenvalue weighted by atomic mass is 14.1. The van der Waals surface area contributed by atoms with E-state index in [1.165, 1.54) is 77.9 Å². The standard InChI is InChI=1S/2C20H18.C10H12.5CH4/c1-15-5-3-7-19(13-15)17-9-11-18(12-10-17)20-8-4-6-16(2)14-20;1-15-6-10-17(11-7-15)19-4-3-5-20(14-19)18-12-8-16(2)9-13-18;1-3-5-10-7-4-6-9(2)8-10;;;;;/h2*3-14H,1-2H3;3-4,6-8H,1,5H2,2H3;5*1H4. The van der Waals surface area contributed by atoms with Crippen molar-refractivity contribution in [3.05, 3.63) is 216 Å². The average molecular weight is 729 g/mol. The van der Waals surface area contributed by atoms with Crippen molar-refractivity contribution in [2.45, 2.75) is 78.2 Å². The molecule has 0 heteroatoms. The smallest absolute Gasteiger partial charge is 0.0100 e. The van der Waals surface area contributed by atoms with Crippen LogP contribution >= 0.6 is 0 Å². The van der Waals surface area contributed by atoms with Gasteiger partial charge in [-0.2, -0.15) is 0 Å². The summed E-state index contributed by atoms with van der Waals surface area (Å²) in [5, 5.41) is 0. The van der Waals surface area contributed by atoms with E-state index >= 15 is 0 Å². The van der Waals surface area contributed by atoms with Gasteiger partial charge in [-0.3, -0.25) is 0 Å². The van der Waals surface area contributed by atoms with Crippen molar-refractivity contribution in [3.63, 3.8) is 0 Å². The molecule has 0 bridgehead atoms. The van der Waals surface area contributed by atoms with Crippen LogP contribution in [0.3, 0.4) is 0 Å². The first kappa shape index (κ1) is 49.3. The second-order valence-electron chi connectivity index (χ2n) is 13.1. The summed E-state index contributed by atoms with van der Waals surface area (Å²) in [5.41, 5.74) is 18.0. The molecule has 7 rings (SSSR count). The summed E-state index contributed by atoms with van der Waals surface area (Å²) in [6.45, 7) is 14.3. The summed E-state index contributed by atoms with van der Waals surface area (Å²) in [6.07, 6.45) is 2.90. The molecule has 0 aliphatic rings. The Morgan fingerprint density at radius 2 is 0.600 bits per heavy atom. The van der Waals surface area contributed by atoms with Crippen LogP contribution in [0.15, 0.2) is 183 Å². The first-order valence-corrected chi connectivity index (χ1v) is 17.4. The third kappa shape index (κ3) is 14.9. The second kappa shape index (κ2) is 24.6. The fourth-order valence-electron chi connectivity index (χ4n) is 5.88. The predicted molar refractivity (Wildman–Crippen MR) is 252 cm³/mol. The Hall–Kier alpha value is -5.72. The number of rotatable bonds is 6. The van der Waals surface area contributed by atoms with Crippen LogP contribution in [-0.2, 0) is 6.42 Å². The molecular formula is C55H68. The van der Waals surface area contributed by atoms with Gasteiger partial charge < -0.3 is 0 Å². The van der Waals surface area contributed by atoms with Crippen LogP contribution in [0.1, 0.15) is 70.5 Å². The van der Waals surface area contributed by atoms with E-state index in [0.29, 0.717) is 0 Å². The molecule has 0 N–H and O–H groups in total. The number of allylic oxidation sites excluding steroid dienone is 1. The summed E-state index contributed by atoms with van der Waals surface area (Å²) in [7, 11) is 0. The molecule has 0 fully saturated rings. The highest BCUT2D eigenvalue weighted by Gasteiger charge is 2.03. The molecule has 0 amide bonds. The summed E-state index contributed by atoms with van der Waals surface area (Å²) in [4.78, 5) is 0. The van der Waals surface area contributed by atoms with E-state index in [4.69, 9.17) is 0 Å². The molecule has 7 aromatic rings. The van der Waals surface area contributed by atoms with Crippen molar-refractivity contribution in [1.82, 2.24) is 0 Å². The van der Waals surface area contributed by atoms with Gasteiger partial charge in [0.15, 0.2) is 0 Å². The van der Waals surface area contributed by atoms with Gasteiger partial charge in [0.2, 0.25) is 0 Å². The van der Waals surface area contributed by atoms with Crippen molar-refractivity contribution in [3.8, 4) is 44.5 Å². The van der Waals surface area contributed by atoms with Crippen LogP contribution in [0.4, 0.5) is 0 Å². The molecule has 0 aromatic heterocycles. The van der Waals surface area contributed by atoms with Gasteiger partial charge in [0.05, 0.1) is 0 Å². The Morgan fingerprint density at radius 3 is 0.927 bits per heavy atom. The molecule has 0 saturated carbocycles. The fraction of sp³-hybridized carbons (Fsp3) is 0.200. The highest BCUT2D eigenvalue weighted by molar-refractivity contribution is 5.73. The lowest BCUT2D eigenvalue weighted by Crippen LogP contribution is -1.82. The molecule has 0 unspecified atom stereocenters. The van der Waals surface area contributed by atoms with Gasteiger partial charge >= 0.3 is 0 Å². The molecular weight excluding hydrogens is 661 g/mol. The minimum Gasteiger partial charge on any atom is -0.103 e. The molecule has 0 nitrogen and oxygen atoms in total. The molecule has 0 radical (unpaired) electrons. The Kier molecular flexibility index (Phi) is 22.0. The average Bonchev–Trinajstić information content (AvgIpc) is 3.13. The number of hydrogen-bond donors (Lipinski definition) is 0. The summed E-state index contributed by atoms with van der Waals surface area (Å²) in [5.74, 6) is 0. The van der Waals surface area contributed by atoms with Gasteiger partial charge in [-0.1, -0.05) is 235 Å². The van der Waals surface area contributed by atoms with Gasteiger partial charge in [0.1, 0.15) is 0 Å². The summed E-state index contributed by atoms with van der Waals surface area (Å²) in [6, 6.07) is 60.6. The van der Waals surface area contributed by atoms with Crippen LogP contribution in [0.2, 0.25) is 0 Å². The first-order chi connectivity index (χ1) is 24.3. The quantitative estimate of drug-likeness (QED) is 0.150. The van der Waals surface area contributed by atoms with Gasteiger partial charge in [-0.15, -0.1) is 6.58 Å². The molecule has 55 heavy (non-hydrogen) atoms. The van der Waals surface area contributed by atoms with E-state index in [0.717, 1.165) is 6.42 Å². The van der Waals surface area contributed by atoms with Gasteiger partial charge in [0, 0.05) is 0 Å². The minimum atomic E-state index is 0. The number of aryl methyl sites for hydroxylation is 5. The van der Waals surface area contributed by atoms with Crippen LogP contribution < -0.4 is 0 Å². The SMILES string of the molecule is C.C.C.C.C.C=CCc1cccc(C)c1.Cc1ccc(-c2cccc(-c3ccc(C)cc3)c2)cc1.Cc1cccc(-c2ccc(-c3cccc(C)c3)cc2)c1. The topological polar surface area (TPSA) is 0 Å². The summed E-state index contributed by atoms with van der Waals surface area (Å²) >= 11 is 0. The van der Waals surface area contributed by atoms with E-state index in [9.17, 15) is 0 Å². The number of benzene rings is 7. The third-order valence-electron chi connectivity index (χ3n) is 8.68. The van der Waals surface area contributed by atoms with Crippen LogP contribution in [-0.4, -0.2) is 0 Å². The van der Waals surface area contributed by atoms with Crippen molar-refractivity contribution in [1.29, 1.82) is 0 Å². The lowest BCUT2D eigenvalue weighted by atomic mass is 9.98. The lowest BCUT2D eigenvalue weighted by Gasteiger charge is -2.07. The number of hydrogen-bond acceptors (Lipinski definition) is 0. The minimum absolute atomic E-state index is 0. The molecule has 7 aromatic carbocycles. The predicted octanol–water partition coefficient (Wildman–Crippen LogP) is 17.2. The molecule has 0 saturated heterocycles. The maximum Gasteiger partial charge on any atom is -0.0100 e. The molecule has 288 valence electrons. The largest absolute Gasteiger partial charge is 0.103 e. The molecule has 0 aliphatic heterocycles. The maximum absolute atomic E-state index is 3.69. The maximum atomic E-state index is 3.69. The van der Waals surface area contributed by atoms with Crippen molar-refractivity contribution in [2.75, 3.05) is 0 Å². The van der Waals surface area contributed by atoms with Crippen LogP contribution in [0.25, 0.3) is 44.5 Å². The highest BCUT2D eigenvalue weighted by Crippen LogP contribution is 2.28. The van der Waals surface area contributed by atoms with Crippen LogP contribution in [0.5, 0.6) is 0 Å². The summed E-state index contributed by atoms with van der Waals surface area (Å²) < 4.78 is 0. The zero-order valence-electron chi connectivity index (χ0n) is 30.2. The van der Waals surface area contributed by atoms with Gasteiger partial charge in [-0.25, -0.2) is 0 Å². The zero-order valence-corrected chi connectivity index (χ0v) is 30.2. The first-order valence-electron chi connectivity index (χ1n) is 17.4. The van der Waals surface area contributed by atoms with Gasteiger partial charge in [-0.05, 0) is 97.2 Å². The van der Waals surface area contributed by atoms with Crippen molar-refractivity contribution < 1.29 is 0 Å². The lowest BCUT2D eigenvalue weighted by molar-refractivity contribution is 1.25. The Bertz CT molecular complexity index is 1990. The molecule has 0 heterocycles. The zero-order chi connectivity index (χ0) is 35.3. The van der Waals surface area contributed by atoms with E-state index in [1.54, 1.807) is 0 Å².